The van der Waals surface area contributed by atoms with Gasteiger partial charge in [0.2, 0.25) is 0 Å². The van der Waals surface area contributed by atoms with Crippen LogP contribution in [0.15, 0.2) is 23.2 Å². The average Bonchev–Trinajstić information content (AvgIpc) is 3.20. The third kappa shape index (κ3) is 3.84. The highest BCUT2D eigenvalue weighted by Crippen LogP contribution is 2.39. The van der Waals surface area contributed by atoms with Crippen molar-refractivity contribution in [3.05, 3.63) is 18.2 Å². The molecular weight excluding hydrogens is 278 g/mol. The highest BCUT2D eigenvalue weighted by atomic mass is 16.5. The Bertz CT molecular complexity index is 557. The van der Waals surface area contributed by atoms with Crippen LogP contribution in [0.2, 0.25) is 0 Å². The molecule has 1 aliphatic carbocycles. The van der Waals surface area contributed by atoms with Crippen LogP contribution in [0.4, 0.5) is 5.69 Å². The summed E-state index contributed by atoms with van der Waals surface area (Å²) in [5.74, 6) is 3.45. The zero-order valence-corrected chi connectivity index (χ0v) is 13.3. The van der Waals surface area contributed by atoms with Gasteiger partial charge in [0, 0.05) is 18.2 Å². The number of aliphatic imine (C=N–C) groups is 1. The molecule has 1 aliphatic heterocycles. The van der Waals surface area contributed by atoms with E-state index in [0.29, 0.717) is 31.1 Å². The molecular formula is C17H25N3O2. The molecule has 0 aromatic heterocycles. The predicted molar refractivity (Wildman–Crippen MR) is 88.6 cm³/mol. The van der Waals surface area contributed by atoms with E-state index in [-0.39, 0.29) is 0 Å². The molecule has 0 saturated heterocycles. The van der Waals surface area contributed by atoms with Crippen LogP contribution in [0.25, 0.3) is 0 Å². The first kappa shape index (κ1) is 15.0. The van der Waals surface area contributed by atoms with Crippen LogP contribution in [0.5, 0.6) is 11.5 Å². The summed E-state index contributed by atoms with van der Waals surface area (Å²) in [6.07, 6.45) is 3.28. The second kappa shape index (κ2) is 6.46. The van der Waals surface area contributed by atoms with Crippen molar-refractivity contribution in [1.82, 2.24) is 0 Å². The maximum atomic E-state index is 6.01. The summed E-state index contributed by atoms with van der Waals surface area (Å²) in [6, 6.07) is 6.15. The number of nitrogens with two attached hydrogens (primary N) is 1. The van der Waals surface area contributed by atoms with Gasteiger partial charge in [-0.05, 0) is 36.8 Å². The van der Waals surface area contributed by atoms with Crippen molar-refractivity contribution in [1.29, 1.82) is 0 Å². The summed E-state index contributed by atoms with van der Waals surface area (Å²) in [4.78, 5) is 4.56. The van der Waals surface area contributed by atoms with Crippen molar-refractivity contribution in [2.45, 2.75) is 39.2 Å². The minimum absolute atomic E-state index is 0.385. The molecule has 1 heterocycles. The zero-order chi connectivity index (χ0) is 15.5. The summed E-state index contributed by atoms with van der Waals surface area (Å²) in [5.41, 5.74) is 6.89. The molecule has 22 heavy (non-hydrogen) atoms. The van der Waals surface area contributed by atoms with E-state index < -0.39 is 0 Å². The third-order valence-corrected chi connectivity index (χ3v) is 3.98. The summed E-state index contributed by atoms with van der Waals surface area (Å²) in [7, 11) is 0. The molecule has 0 unspecified atom stereocenters. The monoisotopic (exact) mass is 303 g/mol. The smallest absolute Gasteiger partial charge is 0.193 e. The van der Waals surface area contributed by atoms with Gasteiger partial charge in [0.1, 0.15) is 0 Å². The number of benzene rings is 1. The lowest BCUT2D eigenvalue weighted by molar-refractivity contribution is 0.297. The van der Waals surface area contributed by atoms with Gasteiger partial charge in [-0.3, -0.25) is 0 Å². The third-order valence-electron chi connectivity index (χ3n) is 3.98. The van der Waals surface area contributed by atoms with Crippen LogP contribution in [0.3, 0.4) is 0 Å². The maximum absolute atomic E-state index is 6.01. The number of guanidine groups is 1. The summed E-state index contributed by atoms with van der Waals surface area (Å²) in [5, 5.41) is 3.15. The van der Waals surface area contributed by atoms with Gasteiger partial charge in [0.15, 0.2) is 17.5 Å². The van der Waals surface area contributed by atoms with Crippen molar-refractivity contribution in [3.8, 4) is 11.5 Å². The topological polar surface area (TPSA) is 68.9 Å². The molecule has 1 saturated carbocycles. The molecule has 2 aliphatic rings. The Hall–Kier alpha value is -1.91. The van der Waals surface area contributed by atoms with Gasteiger partial charge >= 0.3 is 0 Å². The molecule has 1 aromatic rings. The van der Waals surface area contributed by atoms with Gasteiger partial charge in [0.25, 0.3) is 0 Å². The Morgan fingerprint density at radius 1 is 1.32 bits per heavy atom. The van der Waals surface area contributed by atoms with E-state index >= 15 is 0 Å². The van der Waals surface area contributed by atoms with Gasteiger partial charge in [-0.15, -0.1) is 0 Å². The fraction of sp³-hybridized carbons (Fsp3) is 0.588. The van der Waals surface area contributed by atoms with Crippen molar-refractivity contribution >= 4 is 11.6 Å². The SMILES string of the molecule is CC(C)C[C@@H]1C[C@H]1N=C(N)Nc1ccc2c(c1)OCCCO2. The van der Waals surface area contributed by atoms with E-state index in [2.05, 4.69) is 24.2 Å². The van der Waals surface area contributed by atoms with Gasteiger partial charge in [-0.2, -0.15) is 0 Å². The fourth-order valence-corrected chi connectivity index (χ4v) is 2.85. The summed E-state index contributed by atoms with van der Waals surface area (Å²) >= 11 is 0. The Morgan fingerprint density at radius 3 is 2.86 bits per heavy atom. The molecule has 0 radical (unpaired) electrons. The van der Waals surface area contributed by atoms with Crippen molar-refractivity contribution < 1.29 is 9.47 Å². The Kier molecular flexibility index (Phi) is 4.41. The number of anilines is 1. The molecule has 0 bridgehead atoms. The lowest BCUT2D eigenvalue weighted by Gasteiger charge is -2.10. The molecule has 0 amide bonds. The van der Waals surface area contributed by atoms with Crippen LogP contribution in [-0.4, -0.2) is 25.2 Å². The van der Waals surface area contributed by atoms with Crippen LogP contribution in [0, 0.1) is 11.8 Å². The number of rotatable bonds is 4. The maximum Gasteiger partial charge on any atom is 0.193 e. The zero-order valence-electron chi connectivity index (χ0n) is 13.3. The van der Waals surface area contributed by atoms with Crippen LogP contribution in [-0.2, 0) is 0 Å². The molecule has 3 rings (SSSR count). The van der Waals surface area contributed by atoms with Crippen LogP contribution < -0.4 is 20.5 Å². The molecule has 5 heteroatoms. The standard InChI is InChI=1S/C17H25N3O2/c1-11(2)8-12-9-14(12)20-17(18)19-13-4-5-15-16(10-13)22-7-3-6-21-15/h4-5,10-12,14H,3,6-9H2,1-2H3,(H3,18,19,20)/t12-,14-/m1/s1. The minimum Gasteiger partial charge on any atom is -0.490 e. The van der Waals surface area contributed by atoms with E-state index in [4.69, 9.17) is 15.2 Å². The molecule has 0 spiro atoms. The lowest BCUT2D eigenvalue weighted by atomic mass is 10.1. The van der Waals surface area contributed by atoms with E-state index in [9.17, 15) is 0 Å². The van der Waals surface area contributed by atoms with E-state index in [1.165, 1.54) is 6.42 Å². The van der Waals surface area contributed by atoms with E-state index in [0.717, 1.165) is 35.9 Å². The normalized spacial score (nSPS) is 24.0. The lowest BCUT2D eigenvalue weighted by Crippen LogP contribution is -2.23. The first-order chi connectivity index (χ1) is 10.6. The van der Waals surface area contributed by atoms with Crippen molar-refractivity contribution in [3.63, 3.8) is 0 Å². The second-order valence-electron chi connectivity index (χ2n) is 6.54. The van der Waals surface area contributed by atoms with Gasteiger partial charge in [-0.1, -0.05) is 13.8 Å². The Labute approximate surface area is 131 Å². The number of hydrogen-bond acceptors (Lipinski definition) is 3. The van der Waals surface area contributed by atoms with Gasteiger partial charge < -0.3 is 20.5 Å². The molecule has 1 aromatic carbocycles. The van der Waals surface area contributed by atoms with E-state index in [1.807, 2.05) is 18.2 Å². The number of ether oxygens (including phenoxy) is 2. The van der Waals surface area contributed by atoms with E-state index in [1.54, 1.807) is 0 Å². The Balaban J connectivity index is 1.60. The molecule has 2 atom stereocenters. The van der Waals surface area contributed by atoms with Gasteiger partial charge in [-0.25, -0.2) is 4.99 Å². The van der Waals surface area contributed by atoms with Crippen molar-refractivity contribution in [2.24, 2.45) is 22.6 Å². The molecule has 5 nitrogen and oxygen atoms in total. The molecule has 1 fully saturated rings. The quantitative estimate of drug-likeness (QED) is 0.662. The summed E-state index contributed by atoms with van der Waals surface area (Å²) < 4.78 is 11.3. The fourth-order valence-electron chi connectivity index (χ4n) is 2.85. The predicted octanol–water partition coefficient (Wildman–Crippen LogP) is 3.01. The number of nitrogens with one attached hydrogen (secondary N) is 1. The first-order valence-electron chi connectivity index (χ1n) is 8.12. The van der Waals surface area contributed by atoms with Crippen molar-refractivity contribution in [2.75, 3.05) is 18.5 Å². The number of hydrogen-bond donors (Lipinski definition) is 2. The first-order valence-corrected chi connectivity index (χ1v) is 8.12. The highest BCUT2D eigenvalue weighted by molar-refractivity contribution is 5.92. The number of nitrogens with zero attached hydrogens (tertiary/aromatic N) is 1. The molecule has 120 valence electrons. The summed E-state index contributed by atoms with van der Waals surface area (Å²) in [6.45, 7) is 5.87. The van der Waals surface area contributed by atoms with Crippen LogP contribution in [0.1, 0.15) is 33.1 Å². The second-order valence-corrected chi connectivity index (χ2v) is 6.54. The van der Waals surface area contributed by atoms with Crippen LogP contribution >= 0.6 is 0 Å². The average molecular weight is 303 g/mol. The molecule has 3 N–H and O–H groups in total. The highest BCUT2D eigenvalue weighted by Gasteiger charge is 2.37. The van der Waals surface area contributed by atoms with Gasteiger partial charge in [0.05, 0.1) is 19.3 Å². The largest absolute Gasteiger partial charge is 0.490 e. The number of fused-ring (bicyclic) bond motifs is 1. The Morgan fingerprint density at radius 2 is 2.09 bits per heavy atom. The minimum atomic E-state index is 0.385.